The van der Waals surface area contributed by atoms with Gasteiger partial charge in [0.05, 0.1) is 12.1 Å². The molecule has 23 heavy (non-hydrogen) atoms. The normalized spacial score (nSPS) is 10.5. The minimum Gasteiger partial charge on any atom is -0.369 e. The number of carbonyl (C=O) groups excluding carboxylic acids is 2. The Morgan fingerprint density at radius 1 is 1.30 bits per heavy atom. The number of hydrogen-bond donors (Lipinski definition) is 2. The van der Waals surface area contributed by atoms with E-state index in [1.807, 2.05) is 12.1 Å². The maximum Gasteiger partial charge on any atom is 0.225 e. The van der Waals surface area contributed by atoms with E-state index in [9.17, 15) is 9.59 Å². The van der Waals surface area contributed by atoms with Crippen LogP contribution in [-0.4, -0.2) is 33.1 Å². The van der Waals surface area contributed by atoms with Crippen LogP contribution in [0, 0.1) is 0 Å². The number of nitrogens with two attached hydrogens (primary N) is 1. The van der Waals surface area contributed by atoms with Crippen LogP contribution in [0.25, 0.3) is 5.69 Å². The molecule has 0 saturated carbocycles. The molecular formula is C15H18ClN5O2. The minimum absolute atomic E-state index is 0.0146. The Labute approximate surface area is 138 Å². The summed E-state index contributed by atoms with van der Waals surface area (Å²) in [4.78, 5) is 26.3. The molecule has 0 unspecified atom stereocenters. The van der Waals surface area contributed by atoms with Crippen molar-refractivity contribution in [3.05, 3.63) is 40.9 Å². The Balaban J connectivity index is 2.19. The smallest absolute Gasteiger partial charge is 0.225 e. The van der Waals surface area contributed by atoms with Crippen molar-refractivity contribution < 1.29 is 9.59 Å². The van der Waals surface area contributed by atoms with Crippen LogP contribution in [0.3, 0.4) is 0 Å². The van der Waals surface area contributed by atoms with Crippen LogP contribution < -0.4 is 11.1 Å². The Hall–Kier alpha value is -2.41. The fourth-order valence-corrected chi connectivity index (χ4v) is 2.21. The van der Waals surface area contributed by atoms with Gasteiger partial charge in [0.1, 0.15) is 5.82 Å². The molecule has 3 N–H and O–H groups in total. The first-order valence-electron chi connectivity index (χ1n) is 7.19. The van der Waals surface area contributed by atoms with Crippen LogP contribution in [0.1, 0.15) is 25.0 Å². The lowest BCUT2D eigenvalue weighted by Crippen LogP contribution is -2.21. The van der Waals surface area contributed by atoms with E-state index in [2.05, 4.69) is 15.4 Å². The average molecular weight is 336 g/mol. The Morgan fingerprint density at radius 3 is 2.61 bits per heavy atom. The highest BCUT2D eigenvalue weighted by atomic mass is 35.5. The predicted molar refractivity (Wildman–Crippen MR) is 86.3 cm³/mol. The number of primary amides is 1. The number of nitrogens with zero attached hydrogens (tertiary/aromatic N) is 3. The third-order valence-corrected chi connectivity index (χ3v) is 3.32. The molecule has 2 rings (SSSR count). The van der Waals surface area contributed by atoms with Crippen LogP contribution in [-0.2, 0) is 22.4 Å². The Morgan fingerprint density at radius 2 is 2.00 bits per heavy atom. The largest absolute Gasteiger partial charge is 0.369 e. The number of amides is 2. The number of benzene rings is 1. The van der Waals surface area contributed by atoms with E-state index in [0.717, 1.165) is 5.69 Å². The molecule has 1 aromatic heterocycles. The van der Waals surface area contributed by atoms with Crippen molar-refractivity contribution in [3.8, 4) is 5.69 Å². The van der Waals surface area contributed by atoms with Crippen molar-refractivity contribution in [2.24, 2.45) is 5.73 Å². The second-order valence-electron chi connectivity index (χ2n) is 5.06. The number of carbonyl (C=O) groups is 2. The summed E-state index contributed by atoms with van der Waals surface area (Å²) in [5.74, 6) is 0.525. The number of aromatic nitrogens is 3. The van der Waals surface area contributed by atoms with Gasteiger partial charge in [0.2, 0.25) is 11.8 Å². The van der Waals surface area contributed by atoms with Gasteiger partial charge in [-0.2, -0.15) is 5.10 Å². The van der Waals surface area contributed by atoms with E-state index >= 15 is 0 Å². The van der Waals surface area contributed by atoms with Gasteiger partial charge >= 0.3 is 0 Å². The predicted octanol–water partition coefficient (Wildman–Crippen LogP) is 1.02. The van der Waals surface area contributed by atoms with E-state index in [0.29, 0.717) is 36.1 Å². The standard InChI is InChI=1S/C15H18ClN5O2/c1-10(22)18-8-2-3-15-19-14(9-13(17)23)20-21(15)12-6-4-11(16)5-7-12/h4-7H,2-3,8-9H2,1H3,(H2,17,23)(H,18,22). The fraction of sp³-hybridized carbons (Fsp3) is 0.333. The zero-order chi connectivity index (χ0) is 16.8. The number of aryl methyl sites for hydroxylation is 1. The van der Waals surface area contributed by atoms with E-state index in [1.165, 1.54) is 6.92 Å². The van der Waals surface area contributed by atoms with Gasteiger partial charge < -0.3 is 11.1 Å². The van der Waals surface area contributed by atoms with Gasteiger partial charge in [-0.3, -0.25) is 9.59 Å². The van der Waals surface area contributed by atoms with Crippen LogP contribution in [0.2, 0.25) is 5.02 Å². The molecule has 7 nitrogen and oxygen atoms in total. The molecule has 122 valence electrons. The maximum absolute atomic E-state index is 11.1. The lowest BCUT2D eigenvalue weighted by Gasteiger charge is -2.06. The number of hydrogen-bond acceptors (Lipinski definition) is 4. The van der Waals surface area contributed by atoms with Gasteiger partial charge in [-0.1, -0.05) is 11.6 Å². The van der Waals surface area contributed by atoms with Crippen LogP contribution in [0.4, 0.5) is 0 Å². The van der Waals surface area contributed by atoms with Gasteiger partial charge in [-0.15, -0.1) is 0 Å². The molecule has 2 aromatic rings. The van der Waals surface area contributed by atoms with Crippen molar-refractivity contribution in [2.75, 3.05) is 6.54 Å². The van der Waals surface area contributed by atoms with E-state index in [1.54, 1.807) is 16.8 Å². The molecule has 0 radical (unpaired) electrons. The highest BCUT2D eigenvalue weighted by Gasteiger charge is 2.13. The maximum atomic E-state index is 11.1. The molecule has 0 aliphatic carbocycles. The monoisotopic (exact) mass is 335 g/mol. The van der Waals surface area contributed by atoms with Crippen molar-refractivity contribution in [2.45, 2.75) is 26.2 Å². The number of rotatable bonds is 7. The molecular weight excluding hydrogens is 318 g/mol. The topological polar surface area (TPSA) is 103 Å². The fourth-order valence-electron chi connectivity index (χ4n) is 2.08. The number of nitrogens with one attached hydrogen (secondary N) is 1. The van der Waals surface area contributed by atoms with Crippen LogP contribution in [0.5, 0.6) is 0 Å². The summed E-state index contributed by atoms with van der Waals surface area (Å²) in [5.41, 5.74) is 6.00. The number of halogens is 1. The quantitative estimate of drug-likeness (QED) is 0.737. The molecule has 0 saturated heterocycles. The van der Waals surface area contributed by atoms with Crippen molar-refractivity contribution in [1.82, 2.24) is 20.1 Å². The van der Waals surface area contributed by atoms with Gasteiger partial charge in [0, 0.05) is 24.9 Å². The summed E-state index contributed by atoms with van der Waals surface area (Å²) in [6.07, 6.45) is 1.30. The molecule has 0 atom stereocenters. The second kappa shape index (κ2) is 7.73. The Kier molecular flexibility index (Phi) is 5.70. The molecule has 0 fully saturated rings. The molecule has 0 aliphatic rings. The summed E-state index contributed by atoms with van der Waals surface area (Å²) in [5, 5.41) is 7.70. The zero-order valence-corrected chi connectivity index (χ0v) is 13.5. The SMILES string of the molecule is CC(=O)NCCCc1nc(CC(N)=O)nn1-c1ccc(Cl)cc1. The highest BCUT2D eigenvalue weighted by molar-refractivity contribution is 6.30. The highest BCUT2D eigenvalue weighted by Crippen LogP contribution is 2.15. The van der Waals surface area contributed by atoms with E-state index in [4.69, 9.17) is 17.3 Å². The van der Waals surface area contributed by atoms with E-state index < -0.39 is 5.91 Å². The second-order valence-corrected chi connectivity index (χ2v) is 5.50. The lowest BCUT2D eigenvalue weighted by molar-refractivity contribution is -0.119. The van der Waals surface area contributed by atoms with Crippen molar-refractivity contribution in [1.29, 1.82) is 0 Å². The third kappa shape index (κ3) is 5.07. The van der Waals surface area contributed by atoms with Gasteiger partial charge in [-0.25, -0.2) is 9.67 Å². The molecule has 0 aliphatic heterocycles. The third-order valence-electron chi connectivity index (χ3n) is 3.07. The minimum atomic E-state index is -0.483. The van der Waals surface area contributed by atoms with Crippen LogP contribution >= 0.6 is 11.6 Å². The first-order valence-corrected chi connectivity index (χ1v) is 7.57. The summed E-state index contributed by atoms with van der Waals surface area (Å²) >= 11 is 5.90. The molecule has 2 amide bonds. The van der Waals surface area contributed by atoms with Gasteiger partial charge in [0.25, 0.3) is 0 Å². The summed E-state index contributed by atoms with van der Waals surface area (Å²) in [6, 6.07) is 7.16. The average Bonchev–Trinajstić information content (AvgIpc) is 2.86. The zero-order valence-electron chi connectivity index (χ0n) is 12.8. The molecule has 1 aromatic carbocycles. The summed E-state index contributed by atoms with van der Waals surface area (Å²) in [7, 11) is 0. The first kappa shape index (κ1) is 17.0. The van der Waals surface area contributed by atoms with Crippen LogP contribution in [0.15, 0.2) is 24.3 Å². The molecule has 0 spiro atoms. The molecule has 1 heterocycles. The first-order chi connectivity index (χ1) is 11.0. The summed E-state index contributed by atoms with van der Waals surface area (Å²) < 4.78 is 1.67. The molecule has 0 bridgehead atoms. The Bertz CT molecular complexity index is 696. The summed E-state index contributed by atoms with van der Waals surface area (Å²) in [6.45, 7) is 2.02. The van der Waals surface area contributed by atoms with Gasteiger partial charge in [0.15, 0.2) is 5.82 Å². The van der Waals surface area contributed by atoms with Crippen molar-refractivity contribution >= 4 is 23.4 Å². The van der Waals surface area contributed by atoms with Crippen molar-refractivity contribution in [3.63, 3.8) is 0 Å². The van der Waals surface area contributed by atoms with E-state index in [-0.39, 0.29) is 12.3 Å². The van der Waals surface area contributed by atoms with Gasteiger partial charge in [-0.05, 0) is 30.7 Å². The lowest BCUT2D eigenvalue weighted by atomic mass is 10.2. The molecule has 8 heteroatoms.